The lowest BCUT2D eigenvalue weighted by molar-refractivity contribution is 0.459. The summed E-state index contributed by atoms with van der Waals surface area (Å²) < 4.78 is 13.9. The molecule has 0 amide bonds. The number of aromatic nitrogens is 2. The summed E-state index contributed by atoms with van der Waals surface area (Å²) in [5.74, 6) is 3.26. The van der Waals surface area contributed by atoms with E-state index in [1.165, 1.54) is 11.1 Å². The fourth-order valence-electron chi connectivity index (χ4n) is 2.96. The molecule has 2 aromatic rings. The van der Waals surface area contributed by atoms with Crippen LogP contribution in [-0.2, 0) is 17.2 Å². The normalized spacial score (nSPS) is 23.3. The van der Waals surface area contributed by atoms with Gasteiger partial charge in [-0.2, -0.15) is 0 Å². The smallest absolute Gasteiger partial charge is 0.111 e. The third-order valence-corrected chi connectivity index (χ3v) is 5.53. The molecule has 5 heteroatoms. The zero-order valence-corrected chi connectivity index (χ0v) is 13.2. The summed E-state index contributed by atoms with van der Waals surface area (Å²) in [5.41, 5.74) is 3.49. The summed E-state index contributed by atoms with van der Waals surface area (Å²) in [4.78, 5) is 4.74. The Morgan fingerprint density at radius 3 is 2.85 bits per heavy atom. The van der Waals surface area contributed by atoms with Gasteiger partial charge in [0, 0.05) is 40.6 Å². The van der Waals surface area contributed by atoms with Crippen molar-refractivity contribution in [1.82, 2.24) is 9.55 Å². The highest BCUT2D eigenvalue weighted by Gasteiger charge is 2.23. The molecule has 0 unspecified atom stereocenters. The molecule has 1 fully saturated rings. The van der Waals surface area contributed by atoms with Crippen LogP contribution >= 0.6 is 11.6 Å². The van der Waals surface area contributed by atoms with Gasteiger partial charge in [0.05, 0.1) is 11.0 Å². The molecule has 0 saturated carbocycles. The highest BCUT2D eigenvalue weighted by molar-refractivity contribution is 7.85. The van der Waals surface area contributed by atoms with Crippen LogP contribution in [0.3, 0.4) is 0 Å². The van der Waals surface area contributed by atoms with Crippen LogP contribution in [0.15, 0.2) is 18.2 Å². The first kappa shape index (κ1) is 14.1. The molecule has 20 heavy (non-hydrogen) atoms. The highest BCUT2D eigenvalue weighted by Crippen LogP contribution is 2.29. The van der Waals surface area contributed by atoms with Gasteiger partial charge in [0.15, 0.2) is 0 Å². The molecule has 1 aliphatic heterocycles. The molecule has 3 rings (SSSR count). The summed E-state index contributed by atoms with van der Waals surface area (Å²) in [6, 6.07) is 6.80. The minimum Gasteiger partial charge on any atom is -0.325 e. The number of fused-ring (bicyclic) bond motifs is 1. The SMILES string of the molecule is Cc1ccc2nc(CCCl)n(C3CCS(=O)CC3)c2c1. The van der Waals surface area contributed by atoms with Gasteiger partial charge in [-0.3, -0.25) is 4.21 Å². The van der Waals surface area contributed by atoms with Crippen molar-refractivity contribution < 1.29 is 4.21 Å². The topological polar surface area (TPSA) is 34.9 Å². The number of benzene rings is 1. The van der Waals surface area contributed by atoms with Gasteiger partial charge in [0.25, 0.3) is 0 Å². The van der Waals surface area contributed by atoms with Crippen LogP contribution in [-0.4, -0.2) is 31.1 Å². The van der Waals surface area contributed by atoms with Gasteiger partial charge < -0.3 is 4.57 Å². The Bertz CT molecular complexity index is 643. The average molecular weight is 311 g/mol. The lowest BCUT2D eigenvalue weighted by atomic mass is 10.1. The maximum absolute atomic E-state index is 11.6. The van der Waals surface area contributed by atoms with Crippen LogP contribution in [0.5, 0.6) is 0 Å². The van der Waals surface area contributed by atoms with Crippen LogP contribution in [0.4, 0.5) is 0 Å². The fourth-order valence-corrected chi connectivity index (χ4v) is 4.40. The number of nitrogens with zero attached hydrogens (tertiary/aromatic N) is 2. The molecule has 108 valence electrons. The summed E-state index contributed by atoms with van der Waals surface area (Å²) in [7, 11) is -0.631. The molecule has 0 bridgehead atoms. The van der Waals surface area contributed by atoms with Crippen LogP contribution in [0.1, 0.15) is 30.3 Å². The first-order chi connectivity index (χ1) is 9.69. The van der Waals surface area contributed by atoms with Gasteiger partial charge in [-0.15, -0.1) is 11.6 Å². The van der Waals surface area contributed by atoms with E-state index in [1.807, 2.05) is 0 Å². The Labute approximate surface area is 126 Å². The molecule has 0 N–H and O–H groups in total. The summed E-state index contributed by atoms with van der Waals surface area (Å²) in [6.07, 6.45) is 2.73. The average Bonchev–Trinajstić information content (AvgIpc) is 2.78. The highest BCUT2D eigenvalue weighted by atomic mass is 35.5. The van der Waals surface area contributed by atoms with Gasteiger partial charge in [-0.05, 0) is 37.5 Å². The zero-order chi connectivity index (χ0) is 14.1. The van der Waals surface area contributed by atoms with E-state index in [1.54, 1.807) is 0 Å². The largest absolute Gasteiger partial charge is 0.325 e. The quantitative estimate of drug-likeness (QED) is 0.816. The van der Waals surface area contributed by atoms with Crippen molar-refractivity contribution in [3.05, 3.63) is 29.6 Å². The monoisotopic (exact) mass is 310 g/mol. The van der Waals surface area contributed by atoms with E-state index in [-0.39, 0.29) is 0 Å². The summed E-state index contributed by atoms with van der Waals surface area (Å²) >= 11 is 5.93. The lowest BCUT2D eigenvalue weighted by Crippen LogP contribution is -2.23. The predicted molar refractivity (Wildman–Crippen MR) is 85.0 cm³/mol. The number of hydrogen-bond acceptors (Lipinski definition) is 2. The second kappa shape index (κ2) is 5.86. The van der Waals surface area contributed by atoms with Gasteiger partial charge in [-0.1, -0.05) is 6.07 Å². The lowest BCUT2D eigenvalue weighted by Gasteiger charge is -2.25. The number of imidazole rings is 1. The van der Waals surface area contributed by atoms with Crippen molar-refractivity contribution in [1.29, 1.82) is 0 Å². The second-order valence-electron chi connectivity index (χ2n) is 5.41. The molecule has 1 saturated heterocycles. The van der Waals surface area contributed by atoms with Crippen LogP contribution in [0.2, 0.25) is 0 Å². The predicted octanol–water partition coefficient (Wildman–Crippen LogP) is 3.21. The Kier molecular flexibility index (Phi) is 4.13. The standard InChI is InChI=1S/C15H19ClN2OS/c1-11-2-3-13-14(10-11)18(15(17-13)4-7-16)12-5-8-20(19)9-6-12/h2-3,10,12H,4-9H2,1H3. The molecular weight excluding hydrogens is 292 g/mol. The van der Waals surface area contributed by atoms with E-state index >= 15 is 0 Å². The number of aryl methyl sites for hydroxylation is 2. The van der Waals surface area contributed by atoms with E-state index in [2.05, 4.69) is 29.7 Å². The molecule has 0 aliphatic carbocycles. The number of rotatable bonds is 3. The first-order valence-corrected chi connectivity index (χ1v) is 9.09. The van der Waals surface area contributed by atoms with Crippen molar-refractivity contribution in [2.45, 2.75) is 32.2 Å². The Hall–Kier alpha value is -0.870. The van der Waals surface area contributed by atoms with Crippen molar-refractivity contribution in [2.24, 2.45) is 0 Å². The van der Waals surface area contributed by atoms with Gasteiger partial charge >= 0.3 is 0 Å². The van der Waals surface area contributed by atoms with E-state index in [9.17, 15) is 4.21 Å². The van der Waals surface area contributed by atoms with Crippen molar-refractivity contribution in [3.63, 3.8) is 0 Å². The van der Waals surface area contributed by atoms with E-state index in [4.69, 9.17) is 16.6 Å². The van der Waals surface area contributed by atoms with E-state index < -0.39 is 10.8 Å². The number of alkyl halides is 1. The molecule has 1 aliphatic rings. The maximum atomic E-state index is 11.6. The van der Waals surface area contributed by atoms with Gasteiger partial charge in [0.1, 0.15) is 5.82 Å². The van der Waals surface area contributed by atoms with Crippen molar-refractivity contribution in [2.75, 3.05) is 17.4 Å². The molecular formula is C15H19ClN2OS. The third kappa shape index (κ3) is 2.63. The van der Waals surface area contributed by atoms with E-state index in [0.29, 0.717) is 11.9 Å². The second-order valence-corrected chi connectivity index (χ2v) is 7.48. The first-order valence-electron chi connectivity index (χ1n) is 7.07. The Morgan fingerprint density at radius 2 is 2.15 bits per heavy atom. The molecule has 0 radical (unpaired) electrons. The van der Waals surface area contributed by atoms with Crippen LogP contribution < -0.4 is 0 Å². The summed E-state index contributed by atoms with van der Waals surface area (Å²) in [5, 5.41) is 0. The maximum Gasteiger partial charge on any atom is 0.111 e. The number of hydrogen-bond donors (Lipinski definition) is 0. The fraction of sp³-hybridized carbons (Fsp3) is 0.533. The Balaban J connectivity index is 2.07. The minimum atomic E-state index is -0.631. The zero-order valence-electron chi connectivity index (χ0n) is 11.6. The summed E-state index contributed by atoms with van der Waals surface area (Å²) in [6.45, 7) is 2.11. The van der Waals surface area contributed by atoms with E-state index in [0.717, 1.165) is 42.1 Å². The molecule has 1 aromatic heterocycles. The van der Waals surface area contributed by atoms with Crippen LogP contribution in [0, 0.1) is 6.92 Å². The minimum absolute atomic E-state index is 0.415. The molecule has 2 heterocycles. The molecule has 0 spiro atoms. The molecule has 1 aromatic carbocycles. The third-order valence-electron chi connectivity index (χ3n) is 3.96. The van der Waals surface area contributed by atoms with Crippen molar-refractivity contribution >= 4 is 33.4 Å². The van der Waals surface area contributed by atoms with Gasteiger partial charge in [-0.25, -0.2) is 4.98 Å². The van der Waals surface area contributed by atoms with Crippen LogP contribution in [0.25, 0.3) is 11.0 Å². The van der Waals surface area contributed by atoms with Gasteiger partial charge in [0.2, 0.25) is 0 Å². The number of halogens is 1. The molecule has 3 nitrogen and oxygen atoms in total. The molecule has 0 atom stereocenters. The van der Waals surface area contributed by atoms with Crippen molar-refractivity contribution in [3.8, 4) is 0 Å². The Morgan fingerprint density at radius 1 is 1.40 bits per heavy atom.